The van der Waals surface area contributed by atoms with Crippen LogP contribution in [0.4, 0.5) is 0 Å². The summed E-state index contributed by atoms with van der Waals surface area (Å²) in [5.74, 6) is -0.200. The molecule has 6 heteroatoms. The van der Waals surface area contributed by atoms with Crippen LogP contribution in [0.2, 0.25) is 0 Å². The topological polar surface area (TPSA) is 78.2 Å². The van der Waals surface area contributed by atoms with Gasteiger partial charge in [0.2, 0.25) is 0 Å². The summed E-state index contributed by atoms with van der Waals surface area (Å²) in [7, 11) is 0. The predicted molar refractivity (Wildman–Crippen MR) is 72.7 cm³/mol. The monoisotopic (exact) mass is 274 g/mol. The molecule has 0 aliphatic carbocycles. The zero-order valence-electron chi connectivity index (χ0n) is 11.5. The Morgan fingerprint density at radius 3 is 3.30 bits per heavy atom. The molecule has 0 amide bonds. The minimum absolute atomic E-state index is 0.200. The van der Waals surface area contributed by atoms with Gasteiger partial charge in [0.15, 0.2) is 0 Å². The van der Waals surface area contributed by atoms with Crippen molar-refractivity contribution in [3.05, 3.63) is 29.6 Å². The van der Waals surface area contributed by atoms with E-state index in [0.717, 1.165) is 18.7 Å². The largest absolute Gasteiger partial charge is 0.465 e. The van der Waals surface area contributed by atoms with Crippen LogP contribution in [0.3, 0.4) is 0 Å². The van der Waals surface area contributed by atoms with Crippen LogP contribution >= 0.6 is 0 Å². The second-order valence-electron chi connectivity index (χ2n) is 4.60. The summed E-state index contributed by atoms with van der Waals surface area (Å²) >= 11 is 0. The molecule has 0 radical (unpaired) electrons. The van der Waals surface area contributed by atoms with Gasteiger partial charge in [-0.25, -0.2) is 4.98 Å². The van der Waals surface area contributed by atoms with Crippen molar-refractivity contribution >= 4 is 5.97 Å². The maximum atomic E-state index is 12.0. The number of carbonyl (C=O) groups is 1. The van der Waals surface area contributed by atoms with E-state index in [0.29, 0.717) is 25.4 Å². The number of ether oxygens (including phenoxy) is 1. The van der Waals surface area contributed by atoms with Crippen LogP contribution in [-0.4, -0.2) is 48.1 Å². The van der Waals surface area contributed by atoms with Gasteiger partial charge in [-0.15, -0.1) is 0 Å². The van der Waals surface area contributed by atoms with Crippen molar-refractivity contribution in [2.75, 3.05) is 26.2 Å². The molecule has 1 N–H and O–H groups in total. The highest BCUT2D eigenvalue weighted by Gasteiger charge is 2.29. The molecule has 106 valence electrons. The summed E-state index contributed by atoms with van der Waals surface area (Å²) < 4.78 is 5.11. The molecule has 6 nitrogen and oxygen atoms in total. The van der Waals surface area contributed by atoms with Gasteiger partial charge in [-0.2, -0.15) is 5.26 Å². The number of hydrogen-bond acceptors (Lipinski definition) is 6. The Bertz CT molecular complexity index is 512. The lowest BCUT2D eigenvalue weighted by Gasteiger charge is -2.34. The van der Waals surface area contributed by atoms with Crippen molar-refractivity contribution in [2.45, 2.75) is 19.5 Å². The van der Waals surface area contributed by atoms with E-state index in [1.54, 1.807) is 19.2 Å². The zero-order chi connectivity index (χ0) is 14.4. The van der Waals surface area contributed by atoms with Gasteiger partial charge < -0.3 is 10.1 Å². The fourth-order valence-electron chi connectivity index (χ4n) is 2.27. The molecule has 1 aromatic rings. The number of esters is 1. The molecule has 0 saturated carbocycles. The van der Waals surface area contributed by atoms with Crippen LogP contribution < -0.4 is 5.32 Å². The van der Waals surface area contributed by atoms with Crippen LogP contribution in [0.25, 0.3) is 0 Å². The number of rotatable bonds is 4. The quantitative estimate of drug-likeness (QED) is 0.795. The van der Waals surface area contributed by atoms with Gasteiger partial charge in [0.25, 0.3) is 0 Å². The average Bonchev–Trinajstić information content (AvgIpc) is 2.48. The highest BCUT2D eigenvalue weighted by Crippen LogP contribution is 2.12. The van der Waals surface area contributed by atoms with Crippen LogP contribution in [0.5, 0.6) is 0 Å². The SMILES string of the molecule is CCOC(=O)C1CNCCN1Cc1ccnc(C#N)c1. The number of nitrogens with zero attached hydrogens (tertiary/aromatic N) is 3. The number of aromatic nitrogens is 1. The van der Waals surface area contributed by atoms with E-state index in [2.05, 4.69) is 15.2 Å². The highest BCUT2D eigenvalue weighted by molar-refractivity contribution is 5.76. The minimum atomic E-state index is -0.276. The average molecular weight is 274 g/mol. The number of piperazine rings is 1. The lowest BCUT2D eigenvalue weighted by Crippen LogP contribution is -2.54. The van der Waals surface area contributed by atoms with Crippen molar-refractivity contribution in [3.8, 4) is 6.07 Å². The molecule has 1 aromatic heterocycles. The van der Waals surface area contributed by atoms with E-state index in [1.165, 1.54) is 0 Å². The van der Waals surface area contributed by atoms with E-state index in [4.69, 9.17) is 10.00 Å². The Morgan fingerprint density at radius 2 is 2.55 bits per heavy atom. The Kier molecular flexibility index (Phi) is 5.04. The van der Waals surface area contributed by atoms with E-state index in [-0.39, 0.29) is 12.0 Å². The minimum Gasteiger partial charge on any atom is -0.465 e. The fraction of sp³-hybridized carbons (Fsp3) is 0.500. The molecule has 1 aliphatic heterocycles. The number of hydrogen-bond donors (Lipinski definition) is 1. The van der Waals surface area contributed by atoms with Crippen molar-refractivity contribution in [2.24, 2.45) is 0 Å². The Hall–Kier alpha value is -1.97. The summed E-state index contributed by atoms with van der Waals surface area (Å²) in [6.45, 7) is 5.01. The zero-order valence-corrected chi connectivity index (χ0v) is 11.5. The first-order valence-corrected chi connectivity index (χ1v) is 6.71. The van der Waals surface area contributed by atoms with Crippen LogP contribution in [0, 0.1) is 11.3 Å². The van der Waals surface area contributed by atoms with Crippen LogP contribution in [0.15, 0.2) is 18.3 Å². The molecule has 1 aliphatic rings. The lowest BCUT2D eigenvalue weighted by atomic mass is 10.1. The maximum Gasteiger partial charge on any atom is 0.324 e. The van der Waals surface area contributed by atoms with Crippen molar-refractivity contribution < 1.29 is 9.53 Å². The normalized spacial score (nSPS) is 19.3. The summed E-state index contributed by atoms with van der Waals surface area (Å²) in [6.07, 6.45) is 1.62. The first-order valence-electron chi connectivity index (χ1n) is 6.71. The third-order valence-corrected chi connectivity index (χ3v) is 3.24. The van der Waals surface area contributed by atoms with Crippen molar-refractivity contribution in [3.63, 3.8) is 0 Å². The molecule has 2 heterocycles. The number of carbonyl (C=O) groups excluding carboxylic acids is 1. The van der Waals surface area contributed by atoms with Crippen molar-refractivity contribution in [1.29, 1.82) is 5.26 Å². The van der Waals surface area contributed by atoms with Gasteiger partial charge in [-0.05, 0) is 24.6 Å². The van der Waals surface area contributed by atoms with Gasteiger partial charge in [-0.1, -0.05) is 0 Å². The molecular weight excluding hydrogens is 256 g/mol. The second-order valence-corrected chi connectivity index (χ2v) is 4.60. The molecule has 1 unspecified atom stereocenters. The Labute approximate surface area is 118 Å². The lowest BCUT2D eigenvalue weighted by molar-refractivity contribution is -0.150. The van der Waals surface area contributed by atoms with E-state index >= 15 is 0 Å². The van der Waals surface area contributed by atoms with E-state index in [9.17, 15) is 4.79 Å². The molecule has 2 rings (SSSR count). The summed E-state index contributed by atoms with van der Waals surface area (Å²) in [5, 5.41) is 12.1. The first kappa shape index (κ1) is 14.4. The third kappa shape index (κ3) is 3.53. The van der Waals surface area contributed by atoms with Gasteiger partial charge in [-0.3, -0.25) is 9.69 Å². The third-order valence-electron chi connectivity index (χ3n) is 3.24. The molecular formula is C14H18N4O2. The molecule has 0 bridgehead atoms. The van der Waals surface area contributed by atoms with Gasteiger partial charge >= 0.3 is 5.97 Å². The summed E-state index contributed by atoms with van der Waals surface area (Å²) in [6, 6.07) is 5.37. The number of nitriles is 1. The highest BCUT2D eigenvalue weighted by atomic mass is 16.5. The number of nitrogens with one attached hydrogen (secondary N) is 1. The molecule has 1 atom stereocenters. The van der Waals surface area contributed by atoms with Gasteiger partial charge in [0.05, 0.1) is 6.61 Å². The van der Waals surface area contributed by atoms with Gasteiger partial charge in [0, 0.05) is 32.4 Å². The summed E-state index contributed by atoms with van der Waals surface area (Å²) in [5.41, 5.74) is 1.37. The van der Waals surface area contributed by atoms with Crippen LogP contribution in [-0.2, 0) is 16.1 Å². The Balaban J connectivity index is 2.08. The fourth-order valence-corrected chi connectivity index (χ4v) is 2.27. The molecule has 0 spiro atoms. The molecule has 1 saturated heterocycles. The standard InChI is InChI=1S/C14H18N4O2/c1-2-20-14(19)13-9-16-5-6-18(13)10-11-3-4-17-12(7-11)8-15/h3-4,7,13,16H,2,5-6,9-10H2,1H3. The summed E-state index contributed by atoms with van der Waals surface area (Å²) in [4.78, 5) is 18.0. The second kappa shape index (κ2) is 6.98. The molecule has 1 fully saturated rings. The molecule has 20 heavy (non-hydrogen) atoms. The van der Waals surface area contributed by atoms with Crippen LogP contribution in [0.1, 0.15) is 18.2 Å². The maximum absolute atomic E-state index is 12.0. The number of pyridine rings is 1. The smallest absolute Gasteiger partial charge is 0.324 e. The molecule has 0 aromatic carbocycles. The van der Waals surface area contributed by atoms with E-state index < -0.39 is 0 Å². The van der Waals surface area contributed by atoms with Crippen molar-refractivity contribution in [1.82, 2.24) is 15.2 Å². The van der Waals surface area contributed by atoms with Gasteiger partial charge in [0.1, 0.15) is 17.8 Å². The van der Waals surface area contributed by atoms with E-state index in [1.807, 2.05) is 12.1 Å². The predicted octanol–water partition coefficient (Wildman–Crippen LogP) is 0.290. The first-order chi connectivity index (χ1) is 9.74. The Morgan fingerprint density at radius 1 is 1.70 bits per heavy atom.